The summed E-state index contributed by atoms with van der Waals surface area (Å²) < 4.78 is 5.76. The third-order valence-electron chi connectivity index (χ3n) is 2.43. The van der Waals surface area contributed by atoms with Crippen LogP contribution in [0.4, 0.5) is 5.82 Å². The third kappa shape index (κ3) is 3.03. The van der Waals surface area contributed by atoms with E-state index in [4.69, 9.17) is 4.74 Å². The first-order valence-corrected chi connectivity index (χ1v) is 6.20. The summed E-state index contributed by atoms with van der Waals surface area (Å²) in [5.74, 6) is -0.00216. The zero-order valence-corrected chi connectivity index (χ0v) is 11.6. The fourth-order valence-corrected chi connectivity index (χ4v) is 1.74. The van der Waals surface area contributed by atoms with Crippen molar-refractivity contribution in [2.75, 3.05) is 12.4 Å². The molecule has 98 valence electrons. The van der Waals surface area contributed by atoms with Crippen LogP contribution in [0.1, 0.15) is 10.4 Å². The lowest BCUT2D eigenvalue weighted by Crippen LogP contribution is -2.13. The average Bonchev–Trinajstić information content (AvgIpc) is 2.41. The maximum Gasteiger partial charge on any atom is 0.260 e. The normalized spacial score (nSPS) is 10.0. The van der Waals surface area contributed by atoms with Crippen LogP contribution in [-0.2, 0) is 0 Å². The van der Waals surface area contributed by atoms with Crippen molar-refractivity contribution in [3.8, 4) is 11.5 Å². The van der Waals surface area contributed by atoms with Crippen LogP contribution in [0.5, 0.6) is 11.5 Å². The molecule has 0 atom stereocenters. The second-order valence-corrected chi connectivity index (χ2v) is 4.59. The van der Waals surface area contributed by atoms with Gasteiger partial charge in [-0.1, -0.05) is 6.07 Å². The molecule has 0 radical (unpaired) electrons. The lowest BCUT2D eigenvalue weighted by Gasteiger charge is -2.09. The van der Waals surface area contributed by atoms with Gasteiger partial charge in [0.1, 0.15) is 5.82 Å². The number of pyridine rings is 1. The average molecular weight is 323 g/mol. The molecule has 2 N–H and O–H groups in total. The van der Waals surface area contributed by atoms with E-state index in [0.29, 0.717) is 5.82 Å². The van der Waals surface area contributed by atoms with Crippen molar-refractivity contribution in [1.82, 2.24) is 4.98 Å². The molecule has 0 bridgehead atoms. The minimum Gasteiger partial charge on any atom is -0.504 e. The molecule has 6 heteroatoms. The smallest absolute Gasteiger partial charge is 0.260 e. The van der Waals surface area contributed by atoms with E-state index in [1.165, 1.54) is 13.2 Å². The molecule has 0 unspecified atom stereocenters. The number of nitrogens with one attached hydrogen (secondary N) is 1. The highest BCUT2D eigenvalue weighted by Gasteiger charge is 2.15. The zero-order chi connectivity index (χ0) is 13.8. The molecule has 2 rings (SSSR count). The molecule has 0 fully saturated rings. The van der Waals surface area contributed by atoms with Crippen LogP contribution < -0.4 is 10.1 Å². The minimum atomic E-state index is -0.453. The number of ether oxygens (including phenoxy) is 1. The van der Waals surface area contributed by atoms with Gasteiger partial charge in [-0.2, -0.15) is 0 Å². The van der Waals surface area contributed by atoms with Crippen molar-refractivity contribution in [1.29, 1.82) is 0 Å². The number of phenolic OH excluding ortho intramolecular Hbond substituents is 1. The van der Waals surface area contributed by atoms with Crippen molar-refractivity contribution in [2.24, 2.45) is 0 Å². The Labute approximate surface area is 118 Å². The van der Waals surface area contributed by atoms with Crippen LogP contribution in [0.25, 0.3) is 0 Å². The second-order valence-electron chi connectivity index (χ2n) is 3.67. The van der Waals surface area contributed by atoms with Gasteiger partial charge < -0.3 is 15.2 Å². The number of para-hydroxylation sites is 1. The quantitative estimate of drug-likeness (QED) is 0.911. The number of carbonyl (C=O) groups is 1. The van der Waals surface area contributed by atoms with E-state index in [0.717, 1.165) is 4.47 Å². The Morgan fingerprint density at radius 2 is 2.16 bits per heavy atom. The summed E-state index contributed by atoms with van der Waals surface area (Å²) in [7, 11) is 1.42. The van der Waals surface area contributed by atoms with E-state index >= 15 is 0 Å². The number of rotatable bonds is 3. The highest BCUT2D eigenvalue weighted by molar-refractivity contribution is 9.10. The number of anilines is 1. The van der Waals surface area contributed by atoms with Gasteiger partial charge >= 0.3 is 0 Å². The van der Waals surface area contributed by atoms with Gasteiger partial charge in [-0.3, -0.25) is 4.79 Å². The standard InChI is InChI=1S/C13H11BrN2O3/c1-19-10-4-2-3-9(12(10)17)13(18)16-11-6-5-8(14)7-15-11/h2-7,17H,1H3,(H,15,16,18). The summed E-state index contributed by atoms with van der Waals surface area (Å²) in [6.45, 7) is 0. The molecule has 19 heavy (non-hydrogen) atoms. The molecule has 1 amide bonds. The Balaban J connectivity index is 2.23. The van der Waals surface area contributed by atoms with Crippen molar-refractivity contribution in [2.45, 2.75) is 0 Å². The van der Waals surface area contributed by atoms with Gasteiger partial charge in [-0.05, 0) is 40.2 Å². The Bertz CT molecular complexity index is 599. The molecule has 0 saturated heterocycles. The summed E-state index contributed by atoms with van der Waals surface area (Å²) in [4.78, 5) is 16.0. The van der Waals surface area contributed by atoms with Crippen LogP contribution in [0, 0.1) is 0 Å². The fraction of sp³-hybridized carbons (Fsp3) is 0.0769. The summed E-state index contributed by atoms with van der Waals surface area (Å²) in [5, 5.41) is 12.5. The fourth-order valence-electron chi connectivity index (χ4n) is 1.50. The lowest BCUT2D eigenvalue weighted by atomic mass is 10.1. The molecule has 1 heterocycles. The van der Waals surface area contributed by atoms with E-state index in [1.807, 2.05) is 0 Å². The number of halogens is 1. The van der Waals surface area contributed by atoms with E-state index in [1.54, 1.807) is 30.5 Å². The maximum absolute atomic E-state index is 12.0. The number of phenols is 1. The number of amides is 1. The number of benzene rings is 1. The lowest BCUT2D eigenvalue weighted by molar-refractivity contribution is 0.102. The van der Waals surface area contributed by atoms with Gasteiger partial charge in [0.2, 0.25) is 0 Å². The molecule has 5 nitrogen and oxygen atoms in total. The second kappa shape index (κ2) is 5.71. The van der Waals surface area contributed by atoms with Crippen LogP contribution in [0.2, 0.25) is 0 Å². The van der Waals surface area contributed by atoms with E-state index < -0.39 is 5.91 Å². The first-order valence-electron chi connectivity index (χ1n) is 5.40. The Kier molecular flexibility index (Phi) is 4.01. The zero-order valence-electron chi connectivity index (χ0n) is 10.1. The van der Waals surface area contributed by atoms with Gasteiger partial charge in [0.15, 0.2) is 11.5 Å². The summed E-state index contributed by atoms with van der Waals surface area (Å²) >= 11 is 3.26. The van der Waals surface area contributed by atoms with Gasteiger partial charge in [0.25, 0.3) is 5.91 Å². The number of aromatic nitrogens is 1. The monoisotopic (exact) mass is 322 g/mol. The van der Waals surface area contributed by atoms with Crippen molar-refractivity contribution in [3.63, 3.8) is 0 Å². The number of nitrogens with zero attached hydrogens (tertiary/aromatic N) is 1. The Hall–Kier alpha value is -2.08. The number of aromatic hydroxyl groups is 1. The van der Waals surface area contributed by atoms with Gasteiger partial charge in [0.05, 0.1) is 12.7 Å². The highest BCUT2D eigenvalue weighted by Crippen LogP contribution is 2.29. The predicted molar refractivity (Wildman–Crippen MR) is 74.5 cm³/mol. The molecule has 1 aromatic carbocycles. The predicted octanol–water partition coefficient (Wildman–Crippen LogP) is 2.81. The molecule has 0 spiro atoms. The van der Waals surface area contributed by atoms with Crippen LogP contribution in [0.3, 0.4) is 0 Å². The highest BCUT2D eigenvalue weighted by atomic mass is 79.9. The number of hydrogen-bond donors (Lipinski definition) is 2. The Morgan fingerprint density at radius 1 is 1.37 bits per heavy atom. The third-order valence-corrected chi connectivity index (χ3v) is 2.90. The molecular formula is C13H11BrN2O3. The molecule has 0 saturated carbocycles. The van der Waals surface area contributed by atoms with Crippen molar-refractivity contribution in [3.05, 3.63) is 46.6 Å². The maximum atomic E-state index is 12.0. The number of carbonyl (C=O) groups excluding carboxylic acids is 1. The largest absolute Gasteiger partial charge is 0.504 e. The first-order chi connectivity index (χ1) is 9.11. The van der Waals surface area contributed by atoms with Crippen LogP contribution >= 0.6 is 15.9 Å². The van der Waals surface area contributed by atoms with E-state index in [9.17, 15) is 9.90 Å². The van der Waals surface area contributed by atoms with Crippen LogP contribution in [0.15, 0.2) is 41.0 Å². The van der Waals surface area contributed by atoms with Crippen molar-refractivity contribution >= 4 is 27.7 Å². The molecular weight excluding hydrogens is 312 g/mol. The Morgan fingerprint density at radius 3 is 2.79 bits per heavy atom. The summed E-state index contributed by atoms with van der Waals surface area (Å²) in [6.07, 6.45) is 1.57. The summed E-state index contributed by atoms with van der Waals surface area (Å²) in [6, 6.07) is 8.12. The molecule has 2 aromatic rings. The molecule has 0 aliphatic rings. The molecule has 0 aliphatic heterocycles. The first kappa shape index (κ1) is 13.4. The minimum absolute atomic E-state index is 0.129. The summed E-state index contributed by atoms with van der Waals surface area (Å²) in [5.41, 5.74) is 0.129. The SMILES string of the molecule is COc1cccc(C(=O)Nc2ccc(Br)cn2)c1O. The van der Waals surface area contributed by atoms with Gasteiger partial charge in [-0.25, -0.2) is 4.98 Å². The van der Waals surface area contributed by atoms with Gasteiger partial charge in [0, 0.05) is 10.7 Å². The number of methoxy groups -OCH3 is 1. The molecule has 1 aromatic heterocycles. The topological polar surface area (TPSA) is 71.5 Å². The number of hydrogen-bond acceptors (Lipinski definition) is 4. The van der Waals surface area contributed by atoms with E-state index in [-0.39, 0.29) is 17.1 Å². The van der Waals surface area contributed by atoms with Crippen LogP contribution in [-0.4, -0.2) is 23.1 Å². The van der Waals surface area contributed by atoms with E-state index in [2.05, 4.69) is 26.2 Å². The van der Waals surface area contributed by atoms with Gasteiger partial charge in [-0.15, -0.1) is 0 Å². The molecule has 0 aliphatic carbocycles. The van der Waals surface area contributed by atoms with Crippen molar-refractivity contribution < 1.29 is 14.6 Å².